The van der Waals surface area contributed by atoms with Gasteiger partial charge in [0, 0.05) is 10.9 Å². The van der Waals surface area contributed by atoms with E-state index in [0.717, 1.165) is 11.1 Å². The van der Waals surface area contributed by atoms with Crippen LogP contribution in [0.5, 0.6) is 0 Å². The van der Waals surface area contributed by atoms with E-state index in [4.69, 9.17) is 9.26 Å². The fourth-order valence-corrected chi connectivity index (χ4v) is 2.60. The number of fused-ring (bicyclic) bond motifs is 1. The molecule has 0 radical (unpaired) electrons. The minimum Gasteiger partial charge on any atom is -0.451 e. The largest absolute Gasteiger partial charge is 0.451 e. The highest BCUT2D eigenvalue weighted by molar-refractivity contribution is 6.01. The van der Waals surface area contributed by atoms with Crippen molar-refractivity contribution >= 4 is 16.7 Å². The first-order valence-corrected chi connectivity index (χ1v) is 8.16. The van der Waals surface area contributed by atoms with Crippen LogP contribution >= 0.6 is 0 Å². The van der Waals surface area contributed by atoms with Crippen molar-refractivity contribution in [1.29, 1.82) is 0 Å². The monoisotopic (exact) mass is 362 g/mol. The predicted octanol–water partition coefficient (Wildman–Crippen LogP) is 2.64. The van der Waals surface area contributed by atoms with E-state index < -0.39 is 5.97 Å². The van der Waals surface area contributed by atoms with Gasteiger partial charge in [0.05, 0.1) is 5.39 Å². The number of rotatable bonds is 4. The molecule has 0 spiro atoms. The maximum Gasteiger partial charge on any atom is 0.359 e. The lowest BCUT2D eigenvalue weighted by atomic mass is 10.1. The number of carbonyl (C=O) groups is 1. The number of carbonyl (C=O) groups excluding carboxylic acids is 1. The number of aromatic nitrogens is 4. The van der Waals surface area contributed by atoms with Gasteiger partial charge in [0.25, 0.3) is 11.4 Å². The highest BCUT2D eigenvalue weighted by Gasteiger charge is 2.17. The van der Waals surface area contributed by atoms with Crippen molar-refractivity contribution in [2.75, 3.05) is 0 Å². The van der Waals surface area contributed by atoms with Gasteiger partial charge in [0.1, 0.15) is 0 Å². The Bertz CT molecular complexity index is 1180. The van der Waals surface area contributed by atoms with Gasteiger partial charge in [-0.15, -0.1) is 0 Å². The Balaban J connectivity index is 1.51. The zero-order valence-corrected chi connectivity index (χ0v) is 14.3. The molecule has 4 rings (SSSR count). The topological polar surface area (TPSA) is 111 Å². The average molecular weight is 362 g/mol. The fraction of sp³-hybridized carbons (Fsp3) is 0.105. The first kappa shape index (κ1) is 16.6. The Kier molecular flexibility index (Phi) is 4.21. The Morgan fingerprint density at radius 2 is 1.85 bits per heavy atom. The zero-order valence-electron chi connectivity index (χ0n) is 14.3. The van der Waals surface area contributed by atoms with E-state index in [1.165, 1.54) is 0 Å². The number of benzene rings is 2. The van der Waals surface area contributed by atoms with Crippen molar-refractivity contribution in [3.63, 3.8) is 0 Å². The molecule has 1 N–H and O–H groups in total. The molecule has 2 aromatic heterocycles. The van der Waals surface area contributed by atoms with Crippen molar-refractivity contribution in [3.05, 3.63) is 76.0 Å². The van der Waals surface area contributed by atoms with Crippen molar-refractivity contribution in [2.45, 2.75) is 13.5 Å². The van der Waals surface area contributed by atoms with Crippen LogP contribution in [0.1, 0.15) is 21.9 Å². The molecule has 0 aliphatic heterocycles. The molecule has 0 aliphatic rings. The van der Waals surface area contributed by atoms with Gasteiger partial charge in [0.2, 0.25) is 5.82 Å². The zero-order chi connectivity index (χ0) is 18.8. The van der Waals surface area contributed by atoms with E-state index in [1.807, 2.05) is 31.2 Å². The summed E-state index contributed by atoms with van der Waals surface area (Å²) in [5, 5.41) is 10.8. The van der Waals surface area contributed by atoms with Gasteiger partial charge in [-0.2, -0.15) is 10.1 Å². The standard InChI is InChI=1S/C19H14N4O4/c1-11-6-8-12(9-7-11)17-20-15(27-23-17)10-26-19(25)16-13-4-2-3-5-14(13)18(24)22-21-16/h2-9H,10H2,1H3,(H,22,24). The van der Waals surface area contributed by atoms with Crippen LogP contribution in [0.25, 0.3) is 22.2 Å². The molecule has 2 aromatic carbocycles. The van der Waals surface area contributed by atoms with Crippen LogP contribution in [-0.4, -0.2) is 26.3 Å². The van der Waals surface area contributed by atoms with Gasteiger partial charge < -0.3 is 9.26 Å². The molecule has 0 aliphatic carbocycles. The van der Waals surface area contributed by atoms with Crippen molar-refractivity contribution < 1.29 is 14.1 Å². The summed E-state index contributed by atoms with van der Waals surface area (Å²) in [7, 11) is 0. The van der Waals surface area contributed by atoms with Crippen LogP contribution in [-0.2, 0) is 11.3 Å². The quantitative estimate of drug-likeness (QED) is 0.556. The van der Waals surface area contributed by atoms with E-state index in [0.29, 0.717) is 16.6 Å². The summed E-state index contributed by atoms with van der Waals surface area (Å²) in [5.41, 5.74) is 1.57. The molecule has 0 amide bonds. The summed E-state index contributed by atoms with van der Waals surface area (Å²) >= 11 is 0. The van der Waals surface area contributed by atoms with Gasteiger partial charge in [-0.3, -0.25) is 4.79 Å². The molecule has 0 bridgehead atoms. The third kappa shape index (κ3) is 3.32. The first-order chi connectivity index (χ1) is 13.1. The van der Waals surface area contributed by atoms with Gasteiger partial charge in [-0.1, -0.05) is 53.2 Å². The summed E-state index contributed by atoms with van der Waals surface area (Å²) < 4.78 is 10.3. The van der Waals surface area contributed by atoms with Gasteiger partial charge in [-0.25, -0.2) is 9.89 Å². The van der Waals surface area contributed by atoms with Crippen molar-refractivity contribution in [2.24, 2.45) is 0 Å². The molecule has 0 saturated carbocycles. The number of ether oxygens (including phenoxy) is 1. The molecule has 2 heterocycles. The molecule has 27 heavy (non-hydrogen) atoms. The number of hydrogen-bond donors (Lipinski definition) is 1. The van der Waals surface area contributed by atoms with Crippen LogP contribution < -0.4 is 5.56 Å². The molecular weight excluding hydrogens is 348 g/mol. The predicted molar refractivity (Wildman–Crippen MR) is 96.0 cm³/mol. The molecule has 4 aromatic rings. The molecule has 0 unspecified atom stereocenters. The molecule has 134 valence electrons. The van der Waals surface area contributed by atoms with E-state index in [2.05, 4.69) is 20.3 Å². The maximum absolute atomic E-state index is 12.4. The summed E-state index contributed by atoms with van der Waals surface area (Å²) in [6, 6.07) is 14.3. The average Bonchev–Trinajstić information content (AvgIpc) is 3.16. The summed E-state index contributed by atoms with van der Waals surface area (Å²) in [6.45, 7) is 1.78. The number of H-pyrrole nitrogens is 1. The summed E-state index contributed by atoms with van der Waals surface area (Å²) in [4.78, 5) is 28.4. The molecular formula is C19H14N4O4. The SMILES string of the molecule is Cc1ccc(-c2noc(COC(=O)c3n[nH]c(=O)c4ccccc34)n2)cc1. The Morgan fingerprint density at radius 1 is 1.11 bits per heavy atom. The lowest BCUT2D eigenvalue weighted by molar-refractivity contribution is 0.0424. The highest BCUT2D eigenvalue weighted by Crippen LogP contribution is 2.17. The maximum atomic E-state index is 12.4. The van der Waals surface area contributed by atoms with Crippen LogP contribution in [0, 0.1) is 6.92 Å². The number of aromatic amines is 1. The lowest BCUT2D eigenvalue weighted by Crippen LogP contribution is -2.16. The minimum atomic E-state index is -0.697. The second-order valence-electron chi connectivity index (χ2n) is 5.90. The second-order valence-corrected chi connectivity index (χ2v) is 5.90. The summed E-state index contributed by atoms with van der Waals surface area (Å²) in [5.74, 6) is -0.126. The van der Waals surface area contributed by atoms with Crippen LogP contribution in [0.3, 0.4) is 0 Å². The van der Waals surface area contributed by atoms with Crippen molar-refractivity contribution in [1.82, 2.24) is 20.3 Å². The lowest BCUT2D eigenvalue weighted by Gasteiger charge is -2.04. The number of nitrogens with zero attached hydrogens (tertiary/aromatic N) is 3. The molecule has 0 saturated heterocycles. The van der Waals surface area contributed by atoms with E-state index in [1.54, 1.807) is 24.3 Å². The summed E-state index contributed by atoms with van der Waals surface area (Å²) in [6.07, 6.45) is 0. The third-order valence-corrected chi connectivity index (χ3v) is 3.99. The second kappa shape index (κ2) is 6.83. The van der Waals surface area contributed by atoms with Crippen LogP contribution in [0.2, 0.25) is 0 Å². The van der Waals surface area contributed by atoms with Gasteiger partial charge in [0.15, 0.2) is 12.3 Å². The molecule has 8 nitrogen and oxygen atoms in total. The van der Waals surface area contributed by atoms with Crippen LogP contribution in [0.15, 0.2) is 57.8 Å². The van der Waals surface area contributed by atoms with E-state index in [9.17, 15) is 9.59 Å². The number of esters is 1. The number of aryl methyl sites for hydroxylation is 1. The number of hydrogen-bond acceptors (Lipinski definition) is 7. The smallest absolute Gasteiger partial charge is 0.359 e. The van der Waals surface area contributed by atoms with Crippen molar-refractivity contribution in [3.8, 4) is 11.4 Å². The normalized spacial score (nSPS) is 10.9. The van der Waals surface area contributed by atoms with Gasteiger partial charge in [-0.05, 0) is 13.0 Å². The molecule has 8 heteroatoms. The Labute approximate surface area is 152 Å². The molecule has 0 atom stereocenters. The van der Waals surface area contributed by atoms with E-state index in [-0.39, 0.29) is 23.8 Å². The Morgan fingerprint density at radius 3 is 2.63 bits per heavy atom. The van der Waals surface area contributed by atoms with Gasteiger partial charge >= 0.3 is 5.97 Å². The first-order valence-electron chi connectivity index (χ1n) is 8.16. The number of nitrogens with one attached hydrogen (secondary N) is 1. The minimum absolute atomic E-state index is 0.0171. The Hall–Kier alpha value is -3.81. The third-order valence-electron chi connectivity index (χ3n) is 3.99. The highest BCUT2D eigenvalue weighted by atomic mass is 16.6. The van der Waals surface area contributed by atoms with E-state index >= 15 is 0 Å². The molecule has 0 fully saturated rings. The fourth-order valence-electron chi connectivity index (χ4n) is 2.60. The van der Waals surface area contributed by atoms with Crippen LogP contribution in [0.4, 0.5) is 0 Å².